The summed E-state index contributed by atoms with van der Waals surface area (Å²) in [6, 6.07) is 43.6. The van der Waals surface area contributed by atoms with Gasteiger partial charge in [-0.3, -0.25) is 0 Å². The summed E-state index contributed by atoms with van der Waals surface area (Å²) < 4.78 is 0. The van der Waals surface area contributed by atoms with Crippen molar-refractivity contribution in [3.63, 3.8) is 0 Å². The fraction of sp³-hybridized carbons (Fsp3) is 0.150. The van der Waals surface area contributed by atoms with Crippen LogP contribution < -0.4 is 4.90 Å². The molecule has 0 aromatic heterocycles. The maximum atomic E-state index is 2.54. The second kappa shape index (κ2) is 8.44. The number of aryl methyl sites for hydroxylation is 2. The Hall–Kier alpha value is -4.62. The maximum Gasteiger partial charge on any atom is 0.0686 e. The number of nitrogens with zero attached hydrogens (tertiary/aromatic N) is 1. The zero-order chi connectivity index (χ0) is 27.1. The SMILES string of the molecule is CC1=CCC2C(=C1)C1(c3ccccc3-c3ccccc31)c1cc(N3c4ccccc4CCc4ccccc43)ccc12. The molecule has 0 fully saturated rings. The van der Waals surface area contributed by atoms with Crippen molar-refractivity contribution in [1.29, 1.82) is 0 Å². The zero-order valence-corrected chi connectivity index (χ0v) is 23.3. The Labute approximate surface area is 242 Å². The second-order valence-electron chi connectivity index (χ2n) is 12.0. The minimum atomic E-state index is -0.274. The molecule has 0 saturated carbocycles. The normalized spacial score (nSPS) is 18.8. The number of allylic oxidation sites excluding steroid dienone is 4. The number of anilines is 3. The Morgan fingerprint density at radius 1 is 0.634 bits per heavy atom. The van der Waals surface area contributed by atoms with E-state index in [9.17, 15) is 0 Å². The first-order valence-electron chi connectivity index (χ1n) is 14.9. The van der Waals surface area contributed by atoms with Crippen LogP contribution in [0.1, 0.15) is 52.6 Å². The molecule has 5 aromatic rings. The van der Waals surface area contributed by atoms with E-state index >= 15 is 0 Å². The second-order valence-corrected chi connectivity index (χ2v) is 12.0. The molecule has 0 N–H and O–H groups in total. The van der Waals surface area contributed by atoms with Crippen LogP contribution in [0.15, 0.2) is 139 Å². The van der Waals surface area contributed by atoms with E-state index in [1.54, 1.807) is 5.57 Å². The third-order valence-electron chi connectivity index (χ3n) is 10.0. The fourth-order valence-electron chi connectivity index (χ4n) is 8.36. The highest BCUT2D eigenvalue weighted by molar-refractivity contribution is 5.90. The Morgan fingerprint density at radius 3 is 1.88 bits per heavy atom. The van der Waals surface area contributed by atoms with E-state index in [1.165, 1.54) is 67.1 Å². The Bertz CT molecular complexity index is 1860. The first kappa shape index (κ1) is 23.1. The molecule has 1 heteroatoms. The van der Waals surface area contributed by atoms with E-state index in [2.05, 4.69) is 139 Å². The highest BCUT2D eigenvalue weighted by Crippen LogP contribution is 2.65. The molecular weight excluding hydrogens is 494 g/mol. The molecule has 1 nitrogen and oxygen atoms in total. The van der Waals surface area contributed by atoms with Gasteiger partial charge in [-0.25, -0.2) is 0 Å². The van der Waals surface area contributed by atoms with Crippen LogP contribution in [0.2, 0.25) is 0 Å². The Morgan fingerprint density at radius 2 is 1.22 bits per heavy atom. The molecule has 3 aliphatic carbocycles. The average molecular weight is 526 g/mol. The van der Waals surface area contributed by atoms with Crippen molar-refractivity contribution in [2.75, 3.05) is 4.90 Å². The fourth-order valence-corrected chi connectivity index (χ4v) is 8.36. The third kappa shape index (κ3) is 3.01. The number of rotatable bonds is 1. The number of benzene rings is 5. The lowest BCUT2D eigenvalue weighted by molar-refractivity contribution is 0.703. The van der Waals surface area contributed by atoms with Gasteiger partial charge in [-0.15, -0.1) is 0 Å². The predicted octanol–water partition coefficient (Wildman–Crippen LogP) is 9.94. The van der Waals surface area contributed by atoms with Crippen LogP contribution in [0.25, 0.3) is 11.1 Å². The molecule has 196 valence electrons. The minimum absolute atomic E-state index is 0.274. The lowest BCUT2D eigenvalue weighted by Gasteiger charge is -2.34. The lowest BCUT2D eigenvalue weighted by atomic mass is 9.68. The van der Waals surface area contributed by atoms with Crippen molar-refractivity contribution < 1.29 is 0 Å². The summed E-state index contributed by atoms with van der Waals surface area (Å²) in [5, 5.41) is 0. The van der Waals surface area contributed by atoms with Gasteiger partial charge in [-0.2, -0.15) is 0 Å². The molecule has 41 heavy (non-hydrogen) atoms. The molecule has 0 saturated heterocycles. The van der Waals surface area contributed by atoms with E-state index in [0.717, 1.165) is 19.3 Å². The van der Waals surface area contributed by atoms with E-state index < -0.39 is 0 Å². The van der Waals surface area contributed by atoms with E-state index in [-0.39, 0.29) is 5.41 Å². The number of fused-ring (bicyclic) bond motifs is 12. The summed E-state index contributed by atoms with van der Waals surface area (Å²) in [4.78, 5) is 2.53. The molecule has 1 atom stereocenters. The van der Waals surface area contributed by atoms with Crippen molar-refractivity contribution in [2.45, 2.75) is 37.5 Å². The van der Waals surface area contributed by atoms with Gasteiger partial charge in [0.05, 0.1) is 5.41 Å². The lowest BCUT2D eigenvalue weighted by Crippen LogP contribution is -2.27. The van der Waals surface area contributed by atoms with Crippen molar-refractivity contribution in [2.24, 2.45) is 0 Å². The standard InChI is InChI=1S/C40H31N/c1-26-18-22-32-33-23-21-29(41-38-16-8-2-10-27(38)19-20-28-11-3-9-17-39(28)41)25-37(33)40(36(32)24-26)34-14-6-4-12-30(34)31-13-5-7-15-35(31)40/h2-18,21,23-25,32H,19-20,22H2,1H3. The summed E-state index contributed by atoms with van der Waals surface area (Å²) >= 11 is 0. The van der Waals surface area contributed by atoms with Crippen LogP contribution in [0.3, 0.4) is 0 Å². The molecule has 1 unspecified atom stereocenters. The summed E-state index contributed by atoms with van der Waals surface area (Å²) in [7, 11) is 0. The van der Waals surface area contributed by atoms with Crippen molar-refractivity contribution in [3.05, 3.63) is 172 Å². The van der Waals surface area contributed by atoms with Crippen LogP contribution in [-0.2, 0) is 18.3 Å². The van der Waals surface area contributed by atoms with Crippen LogP contribution >= 0.6 is 0 Å². The first-order chi connectivity index (χ1) is 20.2. The van der Waals surface area contributed by atoms with Crippen molar-refractivity contribution in [3.8, 4) is 11.1 Å². The highest BCUT2D eigenvalue weighted by atomic mass is 15.1. The van der Waals surface area contributed by atoms with Gasteiger partial charge in [0.2, 0.25) is 0 Å². The van der Waals surface area contributed by atoms with E-state index in [0.29, 0.717) is 5.92 Å². The minimum Gasteiger partial charge on any atom is -0.310 e. The molecule has 4 aliphatic rings. The van der Waals surface area contributed by atoms with Gasteiger partial charge in [0.25, 0.3) is 0 Å². The number of para-hydroxylation sites is 2. The molecule has 1 aliphatic heterocycles. The van der Waals surface area contributed by atoms with Gasteiger partial charge in [0.1, 0.15) is 0 Å². The van der Waals surface area contributed by atoms with Crippen LogP contribution in [-0.4, -0.2) is 0 Å². The Balaban J connectivity index is 1.37. The molecular formula is C40H31N. The molecule has 0 bridgehead atoms. The average Bonchev–Trinajstić information content (AvgIpc) is 3.40. The van der Waals surface area contributed by atoms with Gasteiger partial charge in [0, 0.05) is 23.0 Å². The topological polar surface area (TPSA) is 3.24 Å². The molecule has 5 aromatic carbocycles. The molecule has 9 rings (SSSR count). The van der Waals surface area contributed by atoms with E-state index in [1.807, 2.05) is 0 Å². The van der Waals surface area contributed by atoms with Gasteiger partial charge >= 0.3 is 0 Å². The molecule has 1 spiro atoms. The molecule has 0 radical (unpaired) electrons. The van der Waals surface area contributed by atoms with Gasteiger partial charge < -0.3 is 4.90 Å². The molecule has 0 amide bonds. The quantitative estimate of drug-likeness (QED) is 0.210. The van der Waals surface area contributed by atoms with Gasteiger partial charge in [-0.05, 0) is 101 Å². The largest absolute Gasteiger partial charge is 0.310 e. The Kier molecular flexibility index (Phi) is 4.76. The summed E-state index contributed by atoms with van der Waals surface area (Å²) in [5.74, 6) is 0.394. The van der Waals surface area contributed by atoms with Gasteiger partial charge in [0.15, 0.2) is 0 Å². The summed E-state index contributed by atoms with van der Waals surface area (Å²) in [6.07, 6.45) is 8.10. The zero-order valence-electron chi connectivity index (χ0n) is 23.3. The molecule has 1 heterocycles. The summed E-state index contributed by atoms with van der Waals surface area (Å²) in [5.41, 5.74) is 17.8. The number of hydrogen-bond acceptors (Lipinski definition) is 1. The predicted molar refractivity (Wildman–Crippen MR) is 169 cm³/mol. The smallest absolute Gasteiger partial charge is 0.0686 e. The monoisotopic (exact) mass is 525 g/mol. The van der Waals surface area contributed by atoms with Crippen LogP contribution in [0.4, 0.5) is 17.1 Å². The van der Waals surface area contributed by atoms with E-state index in [4.69, 9.17) is 0 Å². The highest BCUT2D eigenvalue weighted by Gasteiger charge is 2.55. The maximum absolute atomic E-state index is 2.54. The van der Waals surface area contributed by atoms with Crippen molar-refractivity contribution in [1.82, 2.24) is 0 Å². The van der Waals surface area contributed by atoms with Crippen molar-refractivity contribution >= 4 is 17.1 Å². The van der Waals surface area contributed by atoms with Gasteiger partial charge in [-0.1, -0.05) is 109 Å². The van der Waals surface area contributed by atoms with Crippen LogP contribution in [0.5, 0.6) is 0 Å². The summed E-state index contributed by atoms with van der Waals surface area (Å²) in [6.45, 7) is 2.27. The number of hydrogen-bond donors (Lipinski definition) is 0. The first-order valence-corrected chi connectivity index (χ1v) is 14.9. The third-order valence-corrected chi connectivity index (χ3v) is 10.0. The van der Waals surface area contributed by atoms with Crippen LogP contribution in [0, 0.1) is 0 Å².